The van der Waals surface area contributed by atoms with E-state index in [0.717, 1.165) is 12.0 Å². The summed E-state index contributed by atoms with van der Waals surface area (Å²) in [6.07, 6.45) is 1.03. The van der Waals surface area contributed by atoms with E-state index in [1.165, 1.54) is 5.56 Å². The molecule has 0 aliphatic heterocycles. The second kappa shape index (κ2) is 8.18. The minimum absolute atomic E-state index is 0. The molecule has 19 heavy (non-hydrogen) atoms. The molecule has 0 aromatic heterocycles. The molecule has 3 atom stereocenters. The molecule has 0 bridgehead atoms. The van der Waals surface area contributed by atoms with E-state index in [4.69, 9.17) is 5.73 Å². The van der Waals surface area contributed by atoms with E-state index >= 15 is 0 Å². The number of aryl methyl sites for hydroxylation is 1. The molecule has 4 heteroatoms. The lowest BCUT2D eigenvalue weighted by Crippen LogP contribution is -2.39. The topological polar surface area (TPSA) is 55.1 Å². The third kappa shape index (κ3) is 5.21. The van der Waals surface area contributed by atoms with Crippen molar-refractivity contribution in [2.45, 2.75) is 46.2 Å². The average Bonchev–Trinajstić information content (AvgIpc) is 2.37. The summed E-state index contributed by atoms with van der Waals surface area (Å²) in [5, 5.41) is 3.00. The Labute approximate surface area is 122 Å². The monoisotopic (exact) mass is 284 g/mol. The minimum Gasteiger partial charge on any atom is -0.349 e. The summed E-state index contributed by atoms with van der Waals surface area (Å²) >= 11 is 0. The molecule has 0 radical (unpaired) electrons. The predicted octanol–water partition coefficient (Wildman–Crippen LogP) is 2.83. The molecule has 0 saturated carbocycles. The summed E-state index contributed by atoms with van der Waals surface area (Å²) in [6.45, 7) is 7.83. The van der Waals surface area contributed by atoms with Crippen molar-refractivity contribution in [3.63, 3.8) is 0 Å². The molecule has 0 heterocycles. The fraction of sp³-hybridized carbons (Fsp3) is 0.533. The van der Waals surface area contributed by atoms with Crippen molar-refractivity contribution in [1.82, 2.24) is 5.32 Å². The first-order chi connectivity index (χ1) is 8.45. The molecule has 108 valence electrons. The highest BCUT2D eigenvalue weighted by Crippen LogP contribution is 2.14. The molecule has 0 aliphatic rings. The summed E-state index contributed by atoms with van der Waals surface area (Å²) in [5.41, 5.74) is 8.16. The van der Waals surface area contributed by atoms with Crippen LogP contribution in [-0.2, 0) is 11.2 Å². The Hall–Kier alpha value is -1.06. The van der Waals surface area contributed by atoms with Crippen molar-refractivity contribution in [1.29, 1.82) is 0 Å². The van der Waals surface area contributed by atoms with Gasteiger partial charge in [0, 0.05) is 12.0 Å². The van der Waals surface area contributed by atoms with E-state index < -0.39 is 0 Å². The van der Waals surface area contributed by atoms with Crippen molar-refractivity contribution < 1.29 is 4.79 Å². The largest absolute Gasteiger partial charge is 0.349 e. The normalized spacial score (nSPS) is 15.0. The minimum atomic E-state index is -0.164. The highest BCUT2D eigenvalue weighted by atomic mass is 35.5. The molecule has 0 fully saturated rings. The SMILES string of the molecule is CCc1ccc(C(C)NC(=O)C(C)C(C)N)cc1.Cl. The number of hydrogen-bond donors (Lipinski definition) is 2. The third-order valence-corrected chi connectivity index (χ3v) is 3.45. The predicted molar refractivity (Wildman–Crippen MR) is 82.4 cm³/mol. The van der Waals surface area contributed by atoms with E-state index in [2.05, 4.69) is 36.5 Å². The van der Waals surface area contributed by atoms with Crippen molar-refractivity contribution in [3.8, 4) is 0 Å². The molecule has 3 N–H and O–H groups in total. The van der Waals surface area contributed by atoms with Gasteiger partial charge in [-0.05, 0) is 31.4 Å². The van der Waals surface area contributed by atoms with Gasteiger partial charge in [0.05, 0.1) is 6.04 Å². The number of nitrogens with two attached hydrogens (primary N) is 1. The molecule has 0 aliphatic carbocycles. The first-order valence-electron chi connectivity index (χ1n) is 6.60. The van der Waals surface area contributed by atoms with Gasteiger partial charge in [-0.2, -0.15) is 0 Å². The Morgan fingerprint density at radius 3 is 2.16 bits per heavy atom. The summed E-state index contributed by atoms with van der Waals surface area (Å²) in [4.78, 5) is 11.9. The highest BCUT2D eigenvalue weighted by molar-refractivity contribution is 5.85. The van der Waals surface area contributed by atoms with Crippen LogP contribution >= 0.6 is 12.4 Å². The number of rotatable bonds is 5. The number of carbonyl (C=O) groups excluding carboxylic acids is 1. The first-order valence-corrected chi connectivity index (χ1v) is 6.60. The fourth-order valence-electron chi connectivity index (χ4n) is 1.71. The Morgan fingerprint density at radius 2 is 1.74 bits per heavy atom. The number of amides is 1. The van der Waals surface area contributed by atoms with Crippen LogP contribution in [0.2, 0.25) is 0 Å². The van der Waals surface area contributed by atoms with Crippen LogP contribution in [0.4, 0.5) is 0 Å². The van der Waals surface area contributed by atoms with Crippen LogP contribution in [0.15, 0.2) is 24.3 Å². The Morgan fingerprint density at radius 1 is 1.21 bits per heavy atom. The molecular weight excluding hydrogens is 260 g/mol. The van der Waals surface area contributed by atoms with Gasteiger partial charge < -0.3 is 11.1 Å². The molecule has 1 amide bonds. The fourth-order valence-corrected chi connectivity index (χ4v) is 1.71. The van der Waals surface area contributed by atoms with E-state index in [0.29, 0.717) is 0 Å². The van der Waals surface area contributed by atoms with Crippen LogP contribution in [0.3, 0.4) is 0 Å². The number of hydrogen-bond acceptors (Lipinski definition) is 2. The van der Waals surface area contributed by atoms with Crippen LogP contribution in [0, 0.1) is 5.92 Å². The maximum Gasteiger partial charge on any atom is 0.224 e. The lowest BCUT2D eigenvalue weighted by molar-refractivity contribution is -0.125. The third-order valence-electron chi connectivity index (χ3n) is 3.45. The number of benzene rings is 1. The van der Waals surface area contributed by atoms with Crippen molar-refractivity contribution in [3.05, 3.63) is 35.4 Å². The number of halogens is 1. The Kier molecular flexibility index (Phi) is 7.72. The van der Waals surface area contributed by atoms with Gasteiger partial charge in [-0.25, -0.2) is 0 Å². The molecule has 3 nitrogen and oxygen atoms in total. The highest BCUT2D eigenvalue weighted by Gasteiger charge is 2.19. The van der Waals surface area contributed by atoms with E-state index in [-0.39, 0.29) is 36.3 Å². The van der Waals surface area contributed by atoms with Crippen molar-refractivity contribution in [2.75, 3.05) is 0 Å². The summed E-state index contributed by atoms with van der Waals surface area (Å²) in [6, 6.07) is 8.24. The van der Waals surface area contributed by atoms with E-state index in [9.17, 15) is 4.79 Å². The zero-order chi connectivity index (χ0) is 13.7. The molecule has 3 unspecified atom stereocenters. The van der Waals surface area contributed by atoms with Gasteiger partial charge in [-0.3, -0.25) is 4.79 Å². The van der Waals surface area contributed by atoms with Crippen LogP contribution < -0.4 is 11.1 Å². The quantitative estimate of drug-likeness (QED) is 0.873. The van der Waals surface area contributed by atoms with Gasteiger partial charge in [0.2, 0.25) is 5.91 Å². The van der Waals surface area contributed by atoms with Gasteiger partial charge in [-0.1, -0.05) is 38.1 Å². The van der Waals surface area contributed by atoms with E-state index in [1.54, 1.807) is 0 Å². The standard InChI is InChI=1S/C15H24N2O.ClH/c1-5-13-6-8-14(9-7-13)12(4)17-15(18)10(2)11(3)16;/h6-12H,5,16H2,1-4H3,(H,17,18);1H. The van der Waals surface area contributed by atoms with Crippen LogP contribution in [0.5, 0.6) is 0 Å². The van der Waals surface area contributed by atoms with Gasteiger partial charge in [-0.15, -0.1) is 12.4 Å². The van der Waals surface area contributed by atoms with Crippen LogP contribution in [0.1, 0.15) is 44.9 Å². The lowest BCUT2D eigenvalue weighted by Gasteiger charge is -2.20. The maximum absolute atomic E-state index is 11.9. The van der Waals surface area contributed by atoms with Gasteiger partial charge >= 0.3 is 0 Å². The smallest absolute Gasteiger partial charge is 0.224 e. The second-order valence-electron chi connectivity index (χ2n) is 4.97. The molecule has 1 rings (SSSR count). The Bertz CT molecular complexity index is 390. The molecule has 0 saturated heterocycles. The van der Waals surface area contributed by atoms with Gasteiger partial charge in [0.25, 0.3) is 0 Å². The van der Waals surface area contributed by atoms with Crippen LogP contribution in [0.25, 0.3) is 0 Å². The molecule has 0 spiro atoms. The Balaban J connectivity index is 0.00000324. The van der Waals surface area contributed by atoms with Crippen molar-refractivity contribution >= 4 is 18.3 Å². The van der Waals surface area contributed by atoms with Gasteiger partial charge in [0.1, 0.15) is 0 Å². The number of nitrogens with one attached hydrogen (secondary N) is 1. The number of carbonyl (C=O) groups is 1. The summed E-state index contributed by atoms with van der Waals surface area (Å²) in [7, 11) is 0. The zero-order valence-electron chi connectivity index (χ0n) is 12.1. The molecular formula is C15H25ClN2O. The summed E-state index contributed by atoms with van der Waals surface area (Å²) < 4.78 is 0. The van der Waals surface area contributed by atoms with Gasteiger partial charge in [0.15, 0.2) is 0 Å². The average molecular weight is 285 g/mol. The maximum atomic E-state index is 11.9. The van der Waals surface area contributed by atoms with Crippen molar-refractivity contribution in [2.24, 2.45) is 11.7 Å². The molecule has 1 aromatic rings. The van der Waals surface area contributed by atoms with E-state index in [1.807, 2.05) is 20.8 Å². The zero-order valence-corrected chi connectivity index (χ0v) is 13.0. The second-order valence-corrected chi connectivity index (χ2v) is 4.97. The first kappa shape index (κ1) is 17.9. The molecule has 1 aromatic carbocycles. The summed E-state index contributed by atoms with van der Waals surface area (Å²) in [5.74, 6) is -0.153. The lowest BCUT2D eigenvalue weighted by atomic mass is 10.0. The van der Waals surface area contributed by atoms with Crippen LogP contribution in [-0.4, -0.2) is 11.9 Å².